The first-order chi connectivity index (χ1) is 9.65. The van der Waals surface area contributed by atoms with Crippen molar-refractivity contribution < 1.29 is 4.79 Å². The molecule has 0 aromatic heterocycles. The Morgan fingerprint density at radius 1 is 1.10 bits per heavy atom. The molecule has 0 bridgehead atoms. The van der Waals surface area contributed by atoms with E-state index < -0.39 is 0 Å². The fraction of sp³-hybridized carbons (Fsp3) is 0.0667. The summed E-state index contributed by atoms with van der Waals surface area (Å²) in [5, 5.41) is 4.82. The molecule has 0 saturated heterocycles. The molecule has 5 heteroatoms. The van der Waals surface area contributed by atoms with Crippen molar-refractivity contribution in [3.63, 3.8) is 0 Å². The fourth-order valence-electron chi connectivity index (χ4n) is 1.59. The van der Waals surface area contributed by atoms with Gasteiger partial charge in [-0.05, 0) is 23.3 Å². The van der Waals surface area contributed by atoms with Crippen molar-refractivity contribution in [2.45, 2.75) is 6.42 Å². The van der Waals surface area contributed by atoms with E-state index in [1.165, 1.54) is 6.21 Å². The average Bonchev–Trinajstić information content (AvgIpc) is 2.44. The summed E-state index contributed by atoms with van der Waals surface area (Å²) in [7, 11) is 0. The number of rotatable bonds is 4. The predicted octanol–water partition coefficient (Wildman–Crippen LogP) is 3.69. The van der Waals surface area contributed by atoms with Crippen LogP contribution in [0.3, 0.4) is 0 Å². The number of halogens is 2. The van der Waals surface area contributed by atoms with Gasteiger partial charge in [0.1, 0.15) is 0 Å². The molecule has 0 atom stereocenters. The zero-order valence-corrected chi connectivity index (χ0v) is 12.0. The third-order valence-electron chi connectivity index (χ3n) is 2.55. The SMILES string of the molecule is O=C(Cc1ccccc1)NN=Cc1ccc(Cl)c(Cl)c1. The molecular weight excluding hydrogens is 295 g/mol. The van der Waals surface area contributed by atoms with E-state index in [1.54, 1.807) is 18.2 Å². The van der Waals surface area contributed by atoms with Crippen LogP contribution in [0.2, 0.25) is 10.0 Å². The van der Waals surface area contributed by atoms with Crippen molar-refractivity contribution in [3.05, 3.63) is 69.7 Å². The van der Waals surface area contributed by atoms with Crippen molar-refractivity contribution in [2.24, 2.45) is 5.10 Å². The highest BCUT2D eigenvalue weighted by Crippen LogP contribution is 2.21. The van der Waals surface area contributed by atoms with E-state index in [0.29, 0.717) is 16.5 Å². The molecular formula is C15H12Cl2N2O. The molecule has 0 aliphatic carbocycles. The fourth-order valence-corrected chi connectivity index (χ4v) is 1.90. The minimum absolute atomic E-state index is 0.174. The number of hydrogen-bond acceptors (Lipinski definition) is 2. The van der Waals surface area contributed by atoms with Gasteiger partial charge in [-0.25, -0.2) is 5.43 Å². The van der Waals surface area contributed by atoms with E-state index in [4.69, 9.17) is 23.2 Å². The molecule has 3 nitrogen and oxygen atoms in total. The van der Waals surface area contributed by atoms with Gasteiger partial charge < -0.3 is 0 Å². The van der Waals surface area contributed by atoms with Crippen LogP contribution in [0.1, 0.15) is 11.1 Å². The molecule has 2 aromatic rings. The van der Waals surface area contributed by atoms with Gasteiger partial charge in [-0.3, -0.25) is 4.79 Å². The molecule has 0 spiro atoms. The first-order valence-corrected chi connectivity index (χ1v) is 6.71. The van der Waals surface area contributed by atoms with Gasteiger partial charge >= 0.3 is 0 Å². The van der Waals surface area contributed by atoms with Crippen LogP contribution in [0, 0.1) is 0 Å². The normalized spacial score (nSPS) is 10.7. The second-order valence-electron chi connectivity index (χ2n) is 4.13. The zero-order valence-electron chi connectivity index (χ0n) is 10.5. The van der Waals surface area contributed by atoms with Crippen LogP contribution in [0.5, 0.6) is 0 Å². The molecule has 0 aliphatic heterocycles. The van der Waals surface area contributed by atoms with Gasteiger partial charge in [0.15, 0.2) is 0 Å². The Morgan fingerprint density at radius 3 is 2.55 bits per heavy atom. The van der Waals surface area contributed by atoms with E-state index in [1.807, 2.05) is 30.3 Å². The monoisotopic (exact) mass is 306 g/mol. The Kier molecular flexibility index (Phi) is 5.16. The van der Waals surface area contributed by atoms with Crippen molar-refractivity contribution in [1.82, 2.24) is 5.43 Å². The molecule has 1 amide bonds. The van der Waals surface area contributed by atoms with Gasteiger partial charge in [0.2, 0.25) is 5.91 Å². The van der Waals surface area contributed by atoms with E-state index >= 15 is 0 Å². The largest absolute Gasteiger partial charge is 0.273 e. The van der Waals surface area contributed by atoms with Crippen LogP contribution in [0.25, 0.3) is 0 Å². The van der Waals surface area contributed by atoms with Gasteiger partial charge in [0.25, 0.3) is 0 Å². The maximum absolute atomic E-state index is 11.7. The lowest BCUT2D eigenvalue weighted by atomic mass is 10.1. The second-order valence-corrected chi connectivity index (χ2v) is 4.94. The molecule has 1 N–H and O–H groups in total. The Balaban J connectivity index is 1.89. The Labute approximate surface area is 127 Å². The molecule has 0 unspecified atom stereocenters. The highest BCUT2D eigenvalue weighted by molar-refractivity contribution is 6.42. The summed E-state index contributed by atoms with van der Waals surface area (Å²) in [4.78, 5) is 11.7. The summed E-state index contributed by atoms with van der Waals surface area (Å²) in [6.45, 7) is 0. The first-order valence-electron chi connectivity index (χ1n) is 5.96. The number of carbonyl (C=O) groups is 1. The standard InChI is InChI=1S/C15H12Cl2N2O/c16-13-7-6-12(8-14(13)17)10-18-19-15(20)9-11-4-2-1-3-5-11/h1-8,10H,9H2,(H,19,20). The van der Waals surface area contributed by atoms with Crippen LogP contribution in [0.4, 0.5) is 0 Å². The summed E-state index contributed by atoms with van der Waals surface area (Å²) in [6.07, 6.45) is 1.81. The van der Waals surface area contributed by atoms with Crippen molar-refractivity contribution in [1.29, 1.82) is 0 Å². The van der Waals surface area contributed by atoms with Gasteiger partial charge in [-0.15, -0.1) is 0 Å². The molecule has 2 aromatic carbocycles. The van der Waals surface area contributed by atoms with Crippen LogP contribution in [-0.2, 0) is 11.2 Å². The zero-order chi connectivity index (χ0) is 14.4. The highest BCUT2D eigenvalue weighted by Gasteiger charge is 2.01. The van der Waals surface area contributed by atoms with Gasteiger partial charge in [-0.1, -0.05) is 59.6 Å². The minimum Gasteiger partial charge on any atom is -0.273 e. The van der Waals surface area contributed by atoms with E-state index in [0.717, 1.165) is 11.1 Å². The predicted molar refractivity (Wildman–Crippen MR) is 82.3 cm³/mol. The van der Waals surface area contributed by atoms with E-state index in [9.17, 15) is 4.79 Å². The third-order valence-corrected chi connectivity index (χ3v) is 3.29. The first kappa shape index (κ1) is 14.6. The molecule has 0 fully saturated rings. The molecule has 2 rings (SSSR count). The molecule has 0 aliphatic rings. The third kappa shape index (κ3) is 4.37. The number of hydrazone groups is 1. The number of carbonyl (C=O) groups excluding carboxylic acids is 1. The summed E-state index contributed by atoms with van der Waals surface area (Å²) in [5.74, 6) is -0.174. The minimum atomic E-state index is -0.174. The smallest absolute Gasteiger partial charge is 0.244 e. The lowest BCUT2D eigenvalue weighted by Crippen LogP contribution is -2.19. The van der Waals surface area contributed by atoms with Crippen LogP contribution >= 0.6 is 23.2 Å². The molecule has 0 heterocycles. The lowest BCUT2D eigenvalue weighted by Gasteiger charge is -2.00. The quantitative estimate of drug-likeness (QED) is 0.679. The van der Waals surface area contributed by atoms with Gasteiger partial charge in [0.05, 0.1) is 22.7 Å². The average molecular weight is 307 g/mol. The number of nitrogens with zero attached hydrogens (tertiary/aromatic N) is 1. The number of hydrogen-bond donors (Lipinski definition) is 1. The van der Waals surface area contributed by atoms with Crippen LogP contribution < -0.4 is 5.43 Å². The Bertz CT molecular complexity index is 627. The molecule has 0 saturated carbocycles. The summed E-state index contributed by atoms with van der Waals surface area (Å²) < 4.78 is 0. The van der Waals surface area contributed by atoms with Crippen molar-refractivity contribution >= 4 is 35.3 Å². The maximum atomic E-state index is 11.7. The maximum Gasteiger partial charge on any atom is 0.244 e. The Hall–Kier alpha value is -1.84. The van der Waals surface area contributed by atoms with Gasteiger partial charge in [-0.2, -0.15) is 5.10 Å². The van der Waals surface area contributed by atoms with Crippen molar-refractivity contribution in [2.75, 3.05) is 0 Å². The number of benzene rings is 2. The summed E-state index contributed by atoms with van der Waals surface area (Å²) in [5.41, 5.74) is 4.17. The molecule has 20 heavy (non-hydrogen) atoms. The number of amides is 1. The van der Waals surface area contributed by atoms with E-state index in [2.05, 4.69) is 10.5 Å². The highest BCUT2D eigenvalue weighted by atomic mass is 35.5. The second kappa shape index (κ2) is 7.08. The molecule has 0 radical (unpaired) electrons. The number of nitrogens with one attached hydrogen (secondary N) is 1. The Morgan fingerprint density at radius 2 is 1.85 bits per heavy atom. The topological polar surface area (TPSA) is 41.5 Å². The molecule has 102 valence electrons. The van der Waals surface area contributed by atoms with Gasteiger partial charge in [0, 0.05) is 0 Å². The van der Waals surface area contributed by atoms with Crippen LogP contribution in [0.15, 0.2) is 53.6 Å². The van der Waals surface area contributed by atoms with E-state index in [-0.39, 0.29) is 5.91 Å². The summed E-state index contributed by atoms with van der Waals surface area (Å²) >= 11 is 11.7. The lowest BCUT2D eigenvalue weighted by molar-refractivity contribution is -0.120. The van der Waals surface area contributed by atoms with Crippen molar-refractivity contribution in [3.8, 4) is 0 Å². The summed E-state index contributed by atoms with van der Waals surface area (Å²) in [6, 6.07) is 14.6. The van der Waals surface area contributed by atoms with Crippen LogP contribution in [-0.4, -0.2) is 12.1 Å².